The van der Waals surface area contributed by atoms with Gasteiger partial charge >= 0.3 is 6.18 Å². The van der Waals surface area contributed by atoms with Gasteiger partial charge in [0.25, 0.3) is 0 Å². The van der Waals surface area contributed by atoms with Crippen molar-refractivity contribution in [3.8, 4) is 0 Å². The van der Waals surface area contributed by atoms with Gasteiger partial charge in [-0.3, -0.25) is 4.90 Å². The molecule has 1 fully saturated rings. The summed E-state index contributed by atoms with van der Waals surface area (Å²) in [6.45, 7) is 2.02. The third-order valence-electron chi connectivity index (χ3n) is 3.70. The Balaban J connectivity index is 2.87. The lowest BCUT2D eigenvalue weighted by Gasteiger charge is -2.43. The number of alkyl halides is 3. The van der Waals surface area contributed by atoms with Crippen LogP contribution >= 0.6 is 0 Å². The molecule has 0 spiro atoms. The second kappa shape index (κ2) is 6.73. The monoisotopic (exact) mass is 268 g/mol. The number of hydrogen-bond donors (Lipinski definition) is 2. The molecule has 0 aromatic carbocycles. The van der Waals surface area contributed by atoms with Crippen molar-refractivity contribution in [2.45, 2.75) is 63.3 Å². The highest BCUT2D eigenvalue weighted by Gasteiger charge is 2.48. The maximum atomic E-state index is 13.2. The molecule has 0 aliphatic carbocycles. The van der Waals surface area contributed by atoms with Crippen LogP contribution in [0.1, 0.15) is 39.0 Å². The van der Waals surface area contributed by atoms with E-state index in [-0.39, 0.29) is 12.6 Å². The standard InChI is InChI=1S/C12H23F3N2O/c1-2-10(16)11(12(13,14)15)17-7-4-3-5-9(17)6-8-18/h9-11,18H,2-8,16H2,1H3. The van der Waals surface area contributed by atoms with E-state index in [0.29, 0.717) is 25.8 Å². The van der Waals surface area contributed by atoms with Crippen molar-refractivity contribution in [3.63, 3.8) is 0 Å². The maximum Gasteiger partial charge on any atom is 0.405 e. The zero-order valence-electron chi connectivity index (χ0n) is 10.8. The summed E-state index contributed by atoms with van der Waals surface area (Å²) in [5.74, 6) is 0. The topological polar surface area (TPSA) is 49.5 Å². The molecule has 1 heterocycles. The van der Waals surface area contributed by atoms with E-state index < -0.39 is 18.3 Å². The molecule has 3 unspecified atom stereocenters. The molecule has 3 N–H and O–H groups in total. The minimum atomic E-state index is -4.31. The third-order valence-corrected chi connectivity index (χ3v) is 3.70. The predicted molar refractivity (Wildman–Crippen MR) is 64.2 cm³/mol. The second-order valence-corrected chi connectivity index (χ2v) is 4.96. The highest BCUT2D eigenvalue weighted by Crippen LogP contribution is 2.33. The van der Waals surface area contributed by atoms with E-state index in [2.05, 4.69) is 0 Å². The molecule has 108 valence electrons. The lowest BCUT2D eigenvalue weighted by atomic mass is 9.94. The Labute approximate surface area is 106 Å². The molecule has 0 aromatic heterocycles. The Morgan fingerprint density at radius 2 is 2.06 bits per heavy atom. The van der Waals surface area contributed by atoms with Gasteiger partial charge in [-0.15, -0.1) is 0 Å². The van der Waals surface area contributed by atoms with Crippen LogP contribution in [-0.2, 0) is 0 Å². The molecule has 1 saturated heterocycles. The number of aliphatic hydroxyl groups excluding tert-OH is 1. The molecule has 1 aliphatic heterocycles. The molecule has 3 atom stereocenters. The van der Waals surface area contributed by atoms with Gasteiger partial charge in [-0.25, -0.2) is 0 Å². The average molecular weight is 268 g/mol. The number of likely N-dealkylation sites (tertiary alicyclic amines) is 1. The summed E-state index contributed by atoms with van der Waals surface area (Å²) < 4.78 is 39.5. The van der Waals surface area contributed by atoms with Crippen LogP contribution in [0.3, 0.4) is 0 Å². The lowest BCUT2D eigenvalue weighted by Crippen LogP contribution is -2.60. The number of hydrogen-bond acceptors (Lipinski definition) is 3. The van der Waals surface area contributed by atoms with Gasteiger partial charge < -0.3 is 10.8 Å². The lowest BCUT2D eigenvalue weighted by molar-refractivity contribution is -0.199. The van der Waals surface area contributed by atoms with Crippen LogP contribution in [0.4, 0.5) is 13.2 Å². The van der Waals surface area contributed by atoms with Crippen molar-refractivity contribution < 1.29 is 18.3 Å². The first kappa shape index (κ1) is 15.7. The third kappa shape index (κ3) is 3.83. The summed E-state index contributed by atoms with van der Waals surface area (Å²) >= 11 is 0. The summed E-state index contributed by atoms with van der Waals surface area (Å²) in [5, 5.41) is 8.98. The number of rotatable bonds is 5. The molecule has 0 bridgehead atoms. The van der Waals surface area contributed by atoms with Gasteiger partial charge in [-0.2, -0.15) is 13.2 Å². The molecule has 1 rings (SSSR count). The van der Waals surface area contributed by atoms with Crippen molar-refractivity contribution in [2.75, 3.05) is 13.2 Å². The van der Waals surface area contributed by atoms with Crippen LogP contribution in [0.2, 0.25) is 0 Å². The molecule has 0 saturated carbocycles. The van der Waals surface area contributed by atoms with E-state index in [1.54, 1.807) is 6.92 Å². The fraction of sp³-hybridized carbons (Fsp3) is 1.00. The van der Waals surface area contributed by atoms with Gasteiger partial charge in [0.05, 0.1) is 0 Å². The zero-order chi connectivity index (χ0) is 13.8. The van der Waals surface area contributed by atoms with E-state index in [9.17, 15) is 13.2 Å². The molecule has 6 heteroatoms. The van der Waals surface area contributed by atoms with E-state index in [1.807, 2.05) is 0 Å². The number of piperidine rings is 1. The van der Waals surface area contributed by atoms with Gasteiger partial charge in [0.2, 0.25) is 0 Å². The van der Waals surface area contributed by atoms with Gasteiger partial charge in [-0.1, -0.05) is 13.3 Å². The molecule has 0 amide bonds. The number of nitrogens with two attached hydrogens (primary N) is 1. The fourth-order valence-corrected chi connectivity index (χ4v) is 2.75. The molecule has 0 aromatic rings. The second-order valence-electron chi connectivity index (χ2n) is 4.96. The Kier molecular flexibility index (Phi) is 5.88. The predicted octanol–water partition coefficient (Wildman–Crippen LogP) is 1.89. The van der Waals surface area contributed by atoms with Gasteiger partial charge in [0.1, 0.15) is 6.04 Å². The Morgan fingerprint density at radius 3 is 2.56 bits per heavy atom. The first-order valence-electron chi connectivity index (χ1n) is 6.60. The highest BCUT2D eigenvalue weighted by atomic mass is 19.4. The van der Waals surface area contributed by atoms with Crippen LogP contribution in [0.25, 0.3) is 0 Å². The van der Waals surface area contributed by atoms with Crippen molar-refractivity contribution in [1.29, 1.82) is 0 Å². The van der Waals surface area contributed by atoms with Crippen LogP contribution in [0.15, 0.2) is 0 Å². The first-order valence-corrected chi connectivity index (χ1v) is 6.60. The highest BCUT2D eigenvalue weighted by molar-refractivity contribution is 4.92. The number of nitrogens with zero attached hydrogens (tertiary/aromatic N) is 1. The van der Waals surface area contributed by atoms with Crippen LogP contribution in [0.5, 0.6) is 0 Å². The van der Waals surface area contributed by atoms with Gasteiger partial charge in [0, 0.05) is 18.7 Å². The molecule has 1 aliphatic rings. The van der Waals surface area contributed by atoms with E-state index in [1.165, 1.54) is 4.90 Å². The van der Waals surface area contributed by atoms with Crippen molar-refractivity contribution in [2.24, 2.45) is 5.73 Å². The van der Waals surface area contributed by atoms with Crippen molar-refractivity contribution in [1.82, 2.24) is 4.90 Å². The molecular formula is C12H23F3N2O. The van der Waals surface area contributed by atoms with Crippen molar-refractivity contribution in [3.05, 3.63) is 0 Å². The smallest absolute Gasteiger partial charge is 0.396 e. The summed E-state index contributed by atoms with van der Waals surface area (Å²) in [4.78, 5) is 1.47. The van der Waals surface area contributed by atoms with Gasteiger partial charge in [-0.05, 0) is 32.2 Å². The fourth-order valence-electron chi connectivity index (χ4n) is 2.75. The summed E-state index contributed by atoms with van der Waals surface area (Å²) in [7, 11) is 0. The molecule has 3 nitrogen and oxygen atoms in total. The Hall–Kier alpha value is -0.330. The molecule has 18 heavy (non-hydrogen) atoms. The first-order chi connectivity index (χ1) is 8.41. The SMILES string of the molecule is CCC(N)C(N1CCCCC1CCO)C(F)(F)F. The summed E-state index contributed by atoms with van der Waals surface area (Å²) in [6.07, 6.45) is -1.21. The van der Waals surface area contributed by atoms with E-state index in [4.69, 9.17) is 10.8 Å². The number of aliphatic hydroxyl groups is 1. The van der Waals surface area contributed by atoms with Crippen molar-refractivity contribution >= 4 is 0 Å². The maximum absolute atomic E-state index is 13.2. The largest absolute Gasteiger partial charge is 0.405 e. The molecule has 0 radical (unpaired) electrons. The summed E-state index contributed by atoms with van der Waals surface area (Å²) in [6, 6.07) is -2.68. The molecular weight excluding hydrogens is 245 g/mol. The minimum Gasteiger partial charge on any atom is -0.396 e. The average Bonchev–Trinajstić information content (AvgIpc) is 2.30. The Morgan fingerprint density at radius 1 is 1.39 bits per heavy atom. The Bertz CT molecular complexity index is 246. The van der Waals surface area contributed by atoms with Crippen LogP contribution in [-0.4, -0.2) is 47.5 Å². The quantitative estimate of drug-likeness (QED) is 0.800. The number of halogens is 3. The summed E-state index contributed by atoms with van der Waals surface area (Å²) in [5.41, 5.74) is 5.67. The van der Waals surface area contributed by atoms with Crippen LogP contribution in [0, 0.1) is 0 Å². The van der Waals surface area contributed by atoms with E-state index >= 15 is 0 Å². The van der Waals surface area contributed by atoms with Gasteiger partial charge in [0.15, 0.2) is 0 Å². The van der Waals surface area contributed by atoms with Crippen LogP contribution < -0.4 is 5.73 Å². The minimum absolute atomic E-state index is 0.0763. The zero-order valence-corrected chi connectivity index (χ0v) is 10.8. The normalized spacial score (nSPS) is 26.0. The van der Waals surface area contributed by atoms with E-state index in [0.717, 1.165) is 12.8 Å².